The highest BCUT2D eigenvalue weighted by Gasteiger charge is 2.52. The van der Waals surface area contributed by atoms with Crippen LogP contribution in [0.25, 0.3) is 87.8 Å². The standard InChI is InChI=1S/C48H37BN2O2/c1-47(2)48(3,4)53-49(52-47)37-27-28-39-43-42(37)35-25-16-24-34-33-23-14-15-26-38(33)51(45(34)35)40-29-36(30-17-8-5-9-18-30)41(31-19-10-6-11-20-31)46(44(40)43)50(39)32-21-12-7-13-22-32/h5-29H,1-4H3. The molecule has 1 saturated heterocycles. The first kappa shape index (κ1) is 30.7. The van der Waals surface area contributed by atoms with E-state index in [4.69, 9.17) is 9.31 Å². The highest BCUT2D eigenvalue weighted by molar-refractivity contribution is 6.66. The summed E-state index contributed by atoms with van der Waals surface area (Å²) in [5.41, 5.74) is 11.8. The van der Waals surface area contributed by atoms with Gasteiger partial charge in [-0.05, 0) is 85.6 Å². The fourth-order valence-corrected chi connectivity index (χ4v) is 8.98. The van der Waals surface area contributed by atoms with E-state index < -0.39 is 18.3 Å². The summed E-state index contributed by atoms with van der Waals surface area (Å²) in [6, 6.07) is 55.3. The van der Waals surface area contributed by atoms with Crippen molar-refractivity contribution in [2.75, 3.05) is 0 Å². The molecule has 0 atom stereocenters. The molecule has 1 aliphatic heterocycles. The van der Waals surface area contributed by atoms with E-state index in [0.717, 1.165) is 16.7 Å². The van der Waals surface area contributed by atoms with Crippen LogP contribution < -0.4 is 5.46 Å². The number of hydrogen-bond acceptors (Lipinski definition) is 2. The van der Waals surface area contributed by atoms with E-state index in [9.17, 15) is 0 Å². The largest absolute Gasteiger partial charge is 0.495 e. The van der Waals surface area contributed by atoms with Gasteiger partial charge in [0.15, 0.2) is 0 Å². The van der Waals surface area contributed by atoms with Crippen molar-refractivity contribution < 1.29 is 9.31 Å². The minimum absolute atomic E-state index is 0.487. The van der Waals surface area contributed by atoms with Crippen LogP contribution in [0.4, 0.5) is 0 Å². The van der Waals surface area contributed by atoms with Crippen molar-refractivity contribution in [2.24, 2.45) is 0 Å². The maximum atomic E-state index is 6.88. The molecule has 0 unspecified atom stereocenters. The zero-order chi connectivity index (χ0) is 35.6. The number of benzene rings is 7. The summed E-state index contributed by atoms with van der Waals surface area (Å²) < 4.78 is 18.8. The average Bonchev–Trinajstić information content (AvgIpc) is 3.75. The molecule has 53 heavy (non-hydrogen) atoms. The Morgan fingerprint density at radius 1 is 0.472 bits per heavy atom. The molecule has 7 aromatic carbocycles. The fourth-order valence-electron chi connectivity index (χ4n) is 8.98. The molecule has 0 amide bonds. The first-order valence-electron chi connectivity index (χ1n) is 18.6. The Bertz CT molecular complexity index is 3040. The van der Waals surface area contributed by atoms with Crippen LogP contribution in [-0.4, -0.2) is 27.3 Å². The molecular formula is C48H37BN2O2. The number of aromatic nitrogens is 2. The third kappa shape index (κ3) is 4.15. The highest BCUT2D eigenvalue weighted by Crippen LogP contribution is 2.50. The molecule has 4 heterocycles. The lowest BCUT2D eigenvalue weighted by atomic mass is 9.75. The predicted octanol–water partition coefficient (Wildman–Crippen LogP) is 11.6. The van der Waals surface area contributed by atoms with Gasteiger partial charge >= 0.3 is 7.12 Å². The van der Waals surface area contributed by atoms with Gasteiger partial charge in [-0.2, -0.15) is 0 Å². The summed E-state index contributed by atoms with van der Waals surface area (Å²) in [5.74, 6) is 0. The number of nitrogens with zero attached hydrogens (tertiary/aromatic N) is 2. The summed E-state index contributed by atoms with van der Waals surface area (Å²) in [7, 11) is -0.540. The Balaban J connectivity index is 1.48. The van der Waals surface area contributed by atoms with Gasteiger partial charge in [-0.25, -0.2) is 0 Å². The van der Waals surface area contributed by atoms with Gasteiger partial charge in [-0.3, -0.25) is 0 Å². The number of rotatable bonds is 4. The molecule has 254 valence electrons. The Kier molecular flexibility index (Phi) is 6.28. The Morgan fingerprint density at radius 2 is 1.08 bits per heavy atom. The van der Waals surface area contributed by atoms with Gasteiger partial charge in [0.05, 0.1) is 38.8 Å². The number of para-hydroxylation sites is 3. The van der Waals surface area contributed by atoms with Crippen LogP contribution in [0.1, 0.15) is 27.7 Å². The van der Waals surface area contributed by atoms with Crippen molar-refractivity contribution in [1.82, 2.24) is 8.97 Å². The predicted molar refractivity (Wildman–Crippen MR) is 222 cm³/mol. The topological polar surface area (TPSA) is 27.8 Å². The van der Waals surface area contributed by atoms with Crippen molar-refractivity contribution in [3.8, 4) is 27.9 Å². The van der Waals surface area contributed by atoms with Gasteiger partial charge in [0, 0.05) is 38.2 Å². The van der Waals surface area contributed by atoms with Crippen LogP contribution >= 0.6 is 0 Å². The zero-order valence-electron chi connectivity index (χ0n) is 30.2. The van der Waals surface area contributed by atoms with Crippen LogP contribution in [0.3, 0.4) is 0 Å². The second kappa shape index (κ2) is 10.8. The van der Waals surface area contributed by atoms with E-state index in [0.29, 0.717) is 0 Å². The normalized spacial score (nSPS) is 15.7. The smallest absolute Gasteiger partial charge is 0.399 e. The van der Waals surface area contributed by atoms with E-state index >= 15 is 0 Å². The van der Waals surface area contributed by atoms with Crippen molar-refractivity contribution in [2.45, 2.75) is 38.9 Å². The van der Waals surface area contributed by atoms with Gasteiger partial charge in [0.2, 0.25) is 0 Å². The molecule has 1 aliphatic rings. The van der Waals surface area contributed by atoms with Gasteiger partial charge in [0.25, 0.3) is 0 Å². The van der Waals surface area contributed by atoms with E-state index in [1.165, 1.54) is 76.6 Å². The zero-order valence-corrected chi connectivity index (χ0v) is 30.2. The van der Waals surface area contributed by atoms with Gasteiger partial charge < -0.3 is 18.3 Å². The molecule has 0 bridgehead atoms. The van der Waals surface area contributed by atoms with Crippen LogP contribution in [0.15, 0.2) is 152 Å². The fraction of sp³-hybridized carbons (Fsp3) is 0.125. The maximum absolute atomic E-state index is 6.88. The Hall–Kier alpha value is -5.88. The van der Waals surface area contributed by atoms with Gasteiger partial charge in [0.1, 0.15) is 0 Å². The monoisotopic (exact) mass is 684 g/mol. The van der Waals surface area contributed by atoms with E-state index in [-0.39, 0.29) is 0 Å². The first-order chi connectivity index (χ1) is 25.8. The molecule has 0 radical (unpaired) electrons. The van der Waals surface area contributed by atoms with E-state index in [2.05, 4.69) is 188 Å². The summed E-state index contributed by atoms with van der Waals surface area (Å²) >= 11 is 0. The molecule has 0 aliphatic carbocycles. The third-order valence-electron chi connectivity index (χ3n) is 12.1. The van der Waals surface area contributed by atoms with Crippen LogP contribution in [0.2, 0.25) is 0 Å². The Morgan fingerprint density at radius 3 is 1.79 bits per heavy atom. The minimum Gasteiger partial charge on any atom is -0.399 e. The molecule has 0 N–H and O–H groups in total. The lowest BCUT2D eigenvalue weighted by molar-refractivity contribution is 0.00578. The quantitative estimate of drug-likeness (QED) is 0.173. The number of hydrogen-bond donors (Lipinski definition) is 0. The second-order valence-electron chi connectivity index (χ2n) is 15.5. The Labute approximate surface area is 308 Å². The second-order valence-corrected chi connectivity index (χ2v) is 15.5. The molecule has 11 rings (SSSR count). The van der Waals surface area contributed by atoms with E-state index in [1.54, 1.807) is 0 Å². The molecule has 10 aromatic rings. The van der Waals surface area contributed by atoms with E-state index in [1.807, 2.05) is 0 Å². The molecule has 0 spiro atoms. The van der Waals surface area contributed by atoms with Crippen molar-refractivity contribution >= 4 is 72.5 Å². The van der Waals surface area contributed by atoms with Crippen molar-refractivity contribution in [3.05, 3.63) is 152 Å². The molecule has 5 heteroatoms. The van der Waals surface area contributed by atoms with Gasteiger partial charge in [-0.1, -0.05) is 121 Å². The van der Waals surface area contributed by atoms with Crippen LogP contribution in [0.5, 0.6) is 0 Å². The lowest BCUT2D eigenvalue weighted by Gasteiger charge is -2.32. The molecule has 3 aromatic heterocycles. The highest BCUT2D eigenvalue weighted by atomic mass is 16.7. The average molecular weight is 685 g/mol. The summed E-state index contributed by atoms with van der Waals surface area (Å²) in [6.45, 7) is 8.55. The molecule has 4 nitrogen and oxygen atoms in total. The number of fused-ring (bicyclic) bond motifs is 5. The lowest BCUT2D eigenvalue weighted by Crippen LogP contribution is -2.41. The summed E-state index contributed by atoms with van der Waals surface area (Å²) in [6.07, 6.45) is 0. The summed E-state index contributed by atoms with van der Waals surface area (Å²) in [4.78, 5) is 0. The molecular weight excluding hydrogens is 647 g/mol. The van der Waals surface area contributed by atoms with Crippen LogP contribution in [0, 0.1) is 0 Å². The van der Waals surface area contributed by atoms with Crippen LogP contribution in [-0.2, 0) is 9.31 Å². The summed E-state index contributed by atoms with van der Waals surface area (Å²) in [5, 5.41) is 7.25. The SMILES string of the molecule is CC1(C)OB(c2ccc3c4c2c2cccc5c6ccccc6n(c6cc(-c7ccccc7)c(-c7ccccc7)c(c46)n3-c3ccccc3)c52)OC1(C)C. The molecule has 1 fully saturated rings. The minimum atomic E-state index is -0.540. The molecule has 0 saturated carbocycles. The van der Waals surface area contributed by atoms with Crippen molar-refractivity contribution in [3.63, 3.8) is 0 Å². The third-order valence-corrected chi connectivity index (χ3v) is 12.1. The van der Waals surface area contributed by atoms with Crippen molar-refractivity contribution in [1.29, 1.82) is 0 Å². The first-order valence-corrected chi connectivity index (χ1v) is 18.6. The van der Waals surface area contributed by atoms with Gasteiger partial charge in [-0.15, -0.1) is 0 Å². The maximum Gasteiger partial charge on any atom is 0.495 e.